The van der Waals surface area contributed by atoms with E-state index in [1.807, 2.05) is 24.3 Å². The van der Waals surface area contributed by atoms with Gasteiger partial charge in [0.25, 0.3) is 0 Å². The van der Waals surface area contributed by atoms with Crippen molar-refractivity contribution in [1.82, 2.24) is 5.32 Å². The van der Waals surface area contributed by atoms with Crippen molar-refractivity contribution in [3.8, 4) is 0 Å². The maximum Gasteiger partial charge on any atom is 0.224 e. The average Bonchev–Trinajstić information content (AvgIpc) is 2.52. The maximum absolute atomic E-state index is 11.9. The topological polar surface area (TPSA) is 61.4 Å². The highest BCUT2D eigenvalue weighted by atomic mass is 16.2. The van der Waals surface area contributed by atoms with Gasteiger partial charge in [-0.05, 0) is 57.9 Å². The van der Waals surface area contributed by atoms with Crippen LogP contribution in [0.2, 0.25) is 0 Å². The third-order valence-corrected chi connectivity index (χ3v) is 3.90. The average molecular weight is 333 g/mol. The van der Waals surface area contributed by atoms with E-state index in [0.29, 0.717) is 19.0 Å². The number of nitrogens with zero attached hydrogens (tertiary/aromatic N) is 1. The van der Waals surface area contributed by atoms with E-state index in [9.17, 15) is 9.59 Å². The van der Waals surface area contributed by atoms with Crippen LogP contribution in [0.1, 0.15) is 53.4 Å². The standard InChI is InChI=1S/C19H31N3O2/c1-5-22(15(2)3)18-12-10-17(11-13-18)21-19(24)9-7-6-8-14-20-16(4)23/h10-13,15H,5-9,14H2,1-4H3,(H,20,23)(H,21,24). The summed E-state index contributed by atoms with van der Waals surface area (Å²) in [6, 6.07) is 8.45. The number of hydrogen-bond donors (Lipinski definition) is 2. The lowest BCUT2D eigenvalue weighted by Crippen LogP contribution is -2.30. The van der Waals surface area contributed by atoms with E-state index in [1.54, 1.807) is 0 Å². The van der Waals surface area contributed by atoms with Gasteiger partial charge in [-0.2, -0.15) is 0 Å². The van der Waals surface area contributed by atoms with Gasteiger partial charge in [0.15, 0.2) is 0 Å². The second kappa shape index (κ2) is 10.7. The van der Waals surface area contributed by atoms with Crippen molar-refractivity contribution in [2.45, 2.75) is 59.4 Å². The lowest BCUT2D eigenvalue weighted by Gasteiger charge is -2.27. The molecule has 134 valence electrons. The quantitative estimate of drug-likeness (QED) is 0.644. The number of unbranched alkanes of at least 4 members (excludes halogenated alkanes) is 2. The third-order valence-electron chi connectivity index (χ3n) is 3.90. The lowest BCUT2D eigenvalue weighted by molar-refractivity contribution is -0.119. The molecule has 0 spiro atoms. The predicted molar refractivity (Wildman–Crippen MR) is 100 cm³/mol. The van der Waals surface area contributed by atoms with Crippen LogP contribution in [0.5, 0.6) is 0 Å². The second-order valence-corrected chi connectivity index (χ2v) is 6.27. The van der Waals surface area contributed by atoms with Crippen molar-refractivity contribution in [2.75, 3.05) is 23.3 Å². The summed E-state index contributed by atoms with van der Waals surface area (Å²) in [5.41, 5.74) is 2.00. The molecule has 0 heterocycles. The molecule has 0 aliphatic carbocycles. The summed E-state index contributed by atoms with van der Waals surface area (Å²) in [6.45, 7) is 9.64. The Morgan fingerprint density at radius 1 is 1.08 bits per heavy atom. The maximum atomic E-state index is 11.9. The molecule has 0 atom stereocenters. The number of benzene rings is 1. The zero-order valence-electron chi connectivity index (χ0n) is 15.4. The first-order valence-electron chi connectivity index (χ1n) is 8.85. The Balaban J connectivity index is 2.33. The molecule has 0 radical (unpaired) electrons. The van der Waals surface area contributed by atoms with E-state index in [-0.39, 0.29) is 11.8 Å². The number of amides is 2. The minimum Gasteiger partial charge on any atom is -0.369 e. The number of rotatable bonds is 10. The van der Waals surface area contributed by atoms with Crippen LogP contribution in [0.3, 0.4) is 0 Å². The Bertz CT molecular complexity index is 512. The molecule has 1 aromatic carbocycles. The molecule has 1 rings (SSSR count). The molecular weight excluding hydrogens is 302 g/mol. The van der Waals surface area contributed by atoms with E-state index >= 15 is 0 Å². The van der Waals surface area contributed by atoms with Crippen molar-refractivity contribution in [2.24, 2.45) is 0 Å². The van der Waals surface area contributed by atoms with E-state index in [1.165, 1.54) is 12.6 Å². The number of hydrogen-bond acceptors (Lipinski definition) is 3. The van der Waals surface area contributed by atoms with Crippen molar-refractivity contribution >= 4 is 23.2 Å². The third kappa shape index (κ3) is 7.49. The summed E-state index contributed by atoms with van der Waals surface area (Å²) in [7, 11) is 0. The van der Waals surface area contributed by atoms with Gasteiger partial charge in [-0.25, -0.2) is 0 Å². The van der Waals surface area contributed by atoms with Gasteiger partial charge in [-0.15, -0.1) is 0 Å². The normalized spacial score (nSPS) is 10.5. The Hall–Kier alpha value is -2.04. The summed E-state index contributed by atoms with van der Waals surface area (Å²) < 4.78 is 0. The molecular formula is C19H31N3O2. The molecule has 0 fully saturated rings. The van der Waals surface area contributed by atoms with Crippen LogP contribution in [0.25, 0.3) is 0 Å². The second-order valence-electron chi connectivity index (χ2n) is 6.27. The molecule has 5 nitrogen and oxygen atoms in total. The number of nitrogens with one attached hydrogen (secondary N) is 2. The molecule has 0 bridgehead atoms. The predicted octanol–water partition coefficient (Wildman–Crippen LogP) is 3.56. The van der Waals surface area contributed by atoms with Gasteiger partial charge in [0.05, 0.1) is 0 Å². The van der Waals surface area contributed by atoms with Gasteiger partial charge in [0.2, 0.25) is 11.8 Å². The van der Waals surface area contributed by atoms with Crippen LogP contribution in [0, 0.1) is 0 Å². The fourth-order valence-corrected chi connectivity index (χ4v) is 2.66. The highest BCUT2D eigenvalue weighted by Crippen LogP contribution is 2.20. The largest absolute Gasteiger partial charge is 0.369 e. The van der Waals surface area contributed by atoms with Crippen molar-refractivity contribution < 1.29 is 9.59 Å². The van der Waals surface area contributed by atoms with Crippen LogP contribution >= 0.6 is 0 Å². The van der Waals surface area contributed by atoms with Crippen LogP contribution < -0.4 is 15.5 Å². The molecule has 0 saturated carbocycles. The van der Waals surface area contributed by atoms with E-state index < -0.39 is 0 Å². The van der Waals surface area contributed by atoms with Gasteiger partial charge in [0.1, 0.15) is 0 Å². The van der Waals surface area contributed by atoms with E-state index in [4.69, 9.17) is 0 Å². The molecule has 2 amide bonds. The van der Waals surface area contributed by atoms with Crippen LogP contribution in [0.4, 0.5) is 11.4 Å². The van der Waals surface area contributed by atoms with Crippen LogP contribution in [-0.4, -0.2) is 30.9 Å². The van der Waals surface area contributed by atoms with E-state index in [2.05, 4.69) is 36.3 Å². The monoisotopic (exact) mass is 333 g/mol. The highest BCUT2D eigenvalue weighted by molar-refractivity contribution is 5.90. The first-order chi connectivity index (χ1) is 11.4. The van der Waals surface area contributed by atoms with Crippen LogP contribution in [-0.2, 0) is 9.59 Å². The Kier molecular flexibility index (Phi) is 8.90. The molecule has 2 N–H and O–H groups in total. The van der Waals surface area contributed by atoms with Crippen molar-refractivity contribution in [1.29, 1.82) is 0 Å². The first-order valence-corrected chi connectivity index (χ1v) is 8.85. The molecule has 0 aliphatic heterocycles. The number of carbonyl (C=O) groups is 2. The first kappa shape index (κ1) is 20.0. The molecule has 5 heteroatoms. The number of carbonyl (C=O) groups excluding carboxylic acids is 2. The van der Waals surface area contributed by atoms with Gasteiger partial charge in [0, 0.05) is 43.9 Å². The molecule has 24 heavy (non-hydrogen) atoms. The summed E-state index contributed by atoms with van der Waals surface area (Å²) in [5.74, 6) is 0.0359. The minimum absolute atomic E-state index is 0.00436. The molecule has 1 aromatic rings. The van der Waals surface area contributed by atoms with Crippen molar-refractivity contribution in [3.05, 3.63) is 24.3 Å². The SMILES string of the molecule is CCN(c1ccc(NC(=O)CCCCCNC(C)=O)cc1)C(C)C. The molecule has 0 saturated heterocycles. The zero-order chi connectivity index (χ0) is 17.9. The van der Waals surface area contributed by atoms with Gasteiger partial charge >= 0.3 is 0 Å². The fraction of sp³-hybridized carbons (Fsp3) is 0.579. The Labute approximate surface area is 145 Å². The van der Waals surface area contributed by atoms with Gasteiger partial charge < -0.3 is 15.5 Å². The summed E-state index contributed by atoms with van der Waals surface area (Å²) >= 11 is 0. The lowest BCUT2D eigenvalue weighted by atomic mass is 10.1. The summed E-state index contributed by atoms with van der Waals surface area (Å²) in [6.07, 6.45) is 3.19. The van der Waals surface area contributed by atoms with Gasteiger partial charge in [-0.3, -0.25) is 9.59 Å². The van der Waals surface area contributed by atoms with Gasteiger partial charge in [-0.1, -0.05) is 6.42 Å². The zero-order valence-corrected chi connectivity index (χ0v) is 15.4. The van der Waals surface area contributed by atoms with Crippen molar-refractivity contribution in [3.63, 3.8) is 0 Å². The smallest absolute Gasteiger partial charge is 0.224 e. The minimum atomic E-state index is -0.00436. The molecule has 0 unspecified atom stereocenters. The number of anilines is 2. The molecule has 0 aliphatic rings. The molecule has 0 aromatic heterocycles. The Morgan fingerprint density at radius 3 is 2.29 bits per heavy atom. The summed E-state index contributed by atoms with van der Waals surface area (Å²) in [4.78, 5) is 25.0. The van der Waals surface area contributed by atoms with Crippen LogP contribution in [0.15, 0.2) is 24.3 Å². The highest BCUT2D eigenvalue weighted by Gasteiger charge is 2.08. The van der Waals surface area contributed by atoms with E-state index in [0.717, 1.165) is 31.5 Å². The Morgan fingerprint density at radius 2 is 1.75 bits per heavy atom. The fourth-order valence-electron chi connectivity index (χ4n) is 2.66. The summed E-state index contributed by atoms with van der Waals surface area (Å²) in [5, 5.41) is 5.69.